The number of nitrogens with two attached hydrogens (primary N) is 1. The molecule has 2 aromatic carbocycles. The van der Waals surface area contributed by atoms with E-state index < -0.39 is 41.5 Å². The molecule has 4 amide bonds. The summed E-state index contributed by atoms with van der Waals surface area (Å²) >= 11 is 0. The quantitative estimate of drug-likeness (QED) is 0.175. The van der Waals surface area contributed by atoms with Crippen LogP contribution in [0.1, 0.15) is 89.8 Å². The molecule has 0 saturated heterocycles. The normalized spacial score (nSPS) is 12.3. The summed E-state index contributed by atoms with van der Waals surface area (Å²) in [5, 5.41) is 5.52. The van der Waals surface area contributed by atoms with Crippen molar-refractivity contribution in [3.05, 3.63) is 59.7 Å². The van der Waals surface area contributed by atoms with Crippen molar-refractivity contribution < 1.29 is 28.7 Å². The highest BCUT2D eigenvalue weighted by Gasteiger charge is 2.37. The van der Waals surface area contributed by atoms with Crippen LogP contribution in [0.3, 0.4) is 0 Å². The summed E-state index contributed by atoms with van der Waals surface area (Å²) in [6.07, 6.45) is 9.24. The van der Waals surface area contributed by atoms with E-state index in [0.29, 0.717) is 29.0 Å². The molecule has 2 aromatic rings. The van der Waals surface area contributed by atoms with Gasteiger partial charge in [0.15, 0.2) is 0 Å². The van der Waals surface area contributed by atoms with Crippen molar-refractivity contribution in [3.8, 4) is 18.1 Å². The van der Waals surface area contributed by atoms with Crippen LogP contribution in [0.4, 0.5) is 10.5 Å². The molecule has 0 aromatic heterocycles. The molecule has 10 nitrogen and oxygen atoms in total. The van der Waals surface area contributed by atoms with Crippen molar-refractivity contribution in [2.24, 2.45) is 5.73 Å². The van der Waals surface area contributed by atoms with Crippen molar-refractivity contribution in [2.75, 3.05) is 19.0 Å². The minimum Gasteiger partial charge on any atom is -0.497 e. The van der Waals surface area contributed by atoms with Gasteiger partial charge in [0.05, 0.1) is 7.11 Å². The Morgan fingerprint density at radius 1 is 1.00 bits per heavy atom. The smallest absolute Gasteiger partial charge is 0.408 e. The lowest BCUT2D eigenvalue weighted by atomic mass is 9.96. The largest absolute Gasteiger partial charge is 0.497 e. The van der Waals surface area contributed by atoms with Gasteiger partial charge in [0.1, 0.15) is 23.4 Å². The summed E-state index contributed by atoms with van der Waals surface area (Å²) in [4.78, 5) is 54.5. The number of terminal acetylenes is 1. The Balaban J connectivity index is 2.59. The fourth-order valence-corrected chi connectivity index (χ4v) is 4.65. The van der Waals surface area contributed by atoms with E-state index in [9.17, 15) is 19.2 Å². The maximum absolute atomic E-state index is 14.4. The second kappa shape index (κ2) is 17.6. The van der Waals surface area contributed by atoms with E-state index >= 15 is 0 Å². The van der Waals surface area contributed by atoms with E-state index in [1.165, 1.54) is 4.90 Å². The molecular formula is C34H46N4O6. The van der Waals surface area contributed by atoms with Gasteiger partial charge in [-0.05, 0) is 69.5 Å². The van der Waals surface area contributed by atoms with Crippen LogP contribution in [0.5, 0.6) is 5.75 Å². The number of nitrogens with one attached hydrogen (secondary N) is 2. The predicted molar refractivity (Wildman–Crippen MR) is 171 cm³/mol. The van der Waals surface area contributed by atoms with E-state index in [-0.39, 0.29) is 19.4 Å². The minimum atomic E-state index is -1.19. The van der Waals surface area contributed by atoms with Gasteiger partial charge in [0.2, 0.25) is 11.8 Å². The third-order valence-corrected chi connectivity index (χ3v) is 6.78. The zero-order valence-corrected chi connectivity index (χ0v) is 26.5. The molecule has 0 radical (unpaired) electrons. The Labute approximate surface area is 261 Å². The number of anilines is 1. The first-order valence-electron chi connectivity index (χ1n) is 15.0. The van der Waals surface area contributed by atoms with Gasteiger partial charge in [-0.1, -0.05) is 56.7 Å². The summed E-state index contributed by atoms with van der Waals surface area (Å²) in [6, 6.07) is 11.4. The molecular weight excluding hydrogens is 560 g/mol. The Hall–Kier alpha value is -4.52. The molecule has 0 saturated carbocycles. The Bertz CT molecular complexity index is 1300. The number of carbonyl (C=O) groups is 4. The Kier molecular flexibility index (Phi) is 14.2. The zero-order chi connectivity index (χ0) is 32.7. The fourth-order valence-electron chi connectivity index (χ4n) is 4.65. The van der Waals surface area contributed by atoms with Crippen molar-refractivity contribution in [2.45, 2.75) is 90.3 Å². The van der Waals surface area contributed by atoms with Crippen molar-refractivity contribution in [1.29, 1.82) is 0 Å². The number of carbonyl (C=O) groups excluding carboxylic acids is 4. The predicted octanol–water partition coefficient (Wildman–Crippen LogP) is 5.31. The number of unbranched alkanes of at least 4 members (excludes halogenated alkanes) is 4. The van der Waals surface area contributed by atoms with Crippen LogP contribution < -0.4 is 21.1 Å². The molecule has 0 bridgehead atoms. The van der Waals surface area contributed by atoms with E-state index in [1.54, 1.807) is 76.4 Å². The number of hydrogen-bond donors (Lipinski definition) is 3. The maximum Gasteiger partial charge on any atom is 0.408 e. The highest BCUT2D eigenvalue weighted by molar-refractivity contribution is 5.99. The lowest BCUT2D eigenvalue weighted by Crippen LogP contribution is -2.53. The van der Waals surface area contributed by atoms with E-state index in [4.69, 9.17) is 21.6 Å². The third-order valence-electron chi connectivity index (χ3n) is 6.78. The number of hydrogen-bond acceptors (Lipinski definition) is 6. The minimum absolute atomic E-state index is 0.0800. The van der Waals surface area contributed by atoms with Gasteiger partial charge in [-0.25, -0.2) is 4.79 Å². The summed E-state index contributed by atoms with van der Waals surface area (Å²) in [6.45, 7) is 7.41. The van der Waals surface area contributed by atoms with Crippen LogP contribution in [-0.2, 0) is 19.1 Å². The molecule has 0 aliphatic rings. The lowest BCUT2D eigenvalue weighted by Gasteiger charge is -2.35. The molecule has 44 heavy (non-hydrogen) atoms. The van der Waals surface area contributed by atoms with Crippen LogP contribution in [-0.4, -0.2) is 54.0 Å². The molecule has 2 atom stereocenters. The van der Waals surface area contributed by atoms with Gasteiger partial charge in [-0.15, -0.1) is 6.42 Å². The zero-order valence-electron chi connectivity index (χ0n) is 26.5. The summed E-state index contributed by atoms with van der Waals surface area (Å²) < 4.78 is 10.6. The lowest BCUT2D eigenvalue weighted by molar-refractivity contribution is -0.141. The van der Waals surface area contributed by atoms with Gasteiger partial charge < -0.3 is 30.7 Å². The number of benzene rings is 2. The Morgan fingerprint density at radius 3 is 2.25 bits per heavy atom. The number of alkyl carbamates (subject to hydrolysis) is 1. The number of rotatable bonds is 16. The van der Waals surface area contributed by atoms with Crippen molar-refractivity contribution in [3.63, 3.8) is 0 Å². The number of amides is 4. The average molecular weight is 607 g/mol. The average Bonchev–Trinajstić information content (AvgIpc) is 2.97. The summed E-state index contributed by atoms with van der Waals surface area (Å²) in [5.41, 5.74) is 5.98. The fraction of sp³-hybridized carbons (Fsp3) is 0.471. The third kappa shape index (κ3) is 11.6. The molecule has 10 heteroatoms. The first-order chi connectivity index (χ1) is 20.9. The molecule has 0 aliphatic heterocycles. The number of ether oxygens (including phenoxy) is 2. The van der Waals surface area contributed by atoms with Crippen LogP contribution in [0, 0.1) is 12.3 Å². The first-order valence-corrected chi connectivity index (χ1v) is 15.0. The van der Waals surface area contributed by atoms with Crippen LogP contribution in [0.25, 0.3) is 0 Å². The molecule has 0 spiro atoms. The monoisotopic (exact) mass is 606 g/mol. The molecule has 2 unspecified atom stereocenters. The van der Waals surface area contributed by atoms with Gasteiger partial charge in [0, 0.05) is 24.2 Å². The van der Waals surface area contributed by atoms with Crippen LogP contribution in [0.15, 0.2) is 48.5 Å². The molecule has 0 aliphatic carbocycles. The van der Waals surface area contributed by atoms with E-state index in [2.05, 4.69) is 23.5 Å². The summed E-state index contributed by atoms with van der Waals surface area (Å²) in [7, 11) is 1.55. The van der Waals surface area contributed by atoms with E-state index in [1.807, 2.05) is 0 Å². The van der Waals surface area contributed by atoms with Crippen molar-refractivity contribution in [1.82, 2.24) is 10.2 Å². The number of methoxy groups -OCH3 is 1. The highest BCUT2D eigenvalue weighted by Crippen LogP contribution is 2.29. The molecule has 0 fully saturated rings. The summed E-state index contributed by atoms with van der Waals surface area (Å²) in [5.74, 6) is 1.56. The molecule has 2 rings (SSSR count). The first kappa shape index (κ1) is 35.7. The van der Waals surface area contributed by atoms with Gasteiger partial charge >= 0.3 is 6.09 Å². The number of nitrogens with zero attached hydrogens (tertiary/aromatic N) is 1. The second-order valence-corrected chi connectivity index (χ2v) is 11.5. The highest BCUT2D eigenvalue weighted by atomic mass is 16.6. The molecule has 0 heterocycles. The SMILES string of the molecule is C#Cc1ccccc1C(C(=O)Nc1ccc(OC)cc1)N(CCCCCCC)C(=O)C(CCC(N)=O)NC(=O)OC(C)(C)C. The standard InChI is InChI=1S/C34H46N4O6/c1-7-9-10-11-14-23-38(32(41)28(21-22-29(35)39)37-33(42)44-34(3,4)5)30(27-16-13-12-15-24(27)8-2)31(40)36-25-17-19-26(43-6)20-18-25/h2,12-13,15-20,28,30H,7,9-11,14,21-23H2,1,3-6H3,(H2,35,39)(H,36,40)(H,37,42). The number of primary amides is 1. The van der Waals surface area contributed by atoms with Gasteiger partial charge in [0.25, 0.3) is 5.91 Å². The van der Waals surface area contributed by atoms with Crippen molar-refractivity contribution >= 4 is 29.5 Å². The van der Waals surface area contributed by atoms with Crippen LogP contribution >= 0.6 is 0 Å². The molecule has 4 N–H and O–H groups in total. The van der Waals surface area contributed by atoms with Crippen LogP contribution in [0.2, 0.25) is 0 Å². The molecule has 238 valence electrons. The van der Waals surface area contributed by atoms with E-state index in [0.717, 1.165) is 25.7 Å². The van der Waals surface area contributed by atoms with Gasteiger partial charge in [-0.2, -0.15) is 0 Å². The van der Waals surface area contributed by atoms with Gasteiger partial charge in [-0.3, -0.25) is 14.4 Å². The maximum atomic E-state index is 14.4. The topological polar surface area (TPSA) is 140 Å². The Morgan fingerprint density at radius 2 is 1.66 bits per heavy atom. The second-order valence-electron chi connectivity index (χ2n) is 11.5.